The highest BCUT2D eigenvalue weighted by molar-refractivity contribution is 5.75. The van der Waals surface area contributed by atoms with Gasteiger partial charge < -0.3 is 30.8 Å². The summed E-state index contributed by atoms with van der Waals surface area (Å²) in [6.07, 6.45) is 4.57. The highest BCUT2D eigenvalue weighted by atomic mass is 16.4. The Bertz CT molecular complexity index is 329. The summed E-state index contributed by atoms with van der Waals surface area (Å²) in [5, 5.41) is 49.2. The third kappa shape index (κ3) is 12.3. The van der Waals surface area contributed by atoms with Gasteiger partial charge in [0.1, 0.15) is 18.3 Å². The fourth-order valence-corrected chi connectivity index (χ4v) is 2.59. The second-order valence-electron chi connectivity index (χ2n) is 6.68. The number of aliphatic hydroxyl groups is 5. The lowest BCUT2D eigenvalue weighted by atomic mass is 10.0. The molecule has 0 aliphatic carbocycles. The van der Waals surface area contributed by atoms with Gasteiger partial charge >= 0.3 is 0 Å². The smallest absolute Gasteiger partial charge is 0.220 e. The van der Waals surface area contributed by atoms with Crippen LogP contribution in [0, 0.1) is 0 Å². The molecule has 0 bridgehead atoms. The number of unbranched alkanes of at least 4 members (excludes halogenated alkanes) is 8. The molecule has 0 aliphatic rings. The summed E-state index contributed by atoms with van der Waals surface area (Å²) in [4.78, 5) is 11.7. The van der Waals surface area contributed by atoms with Crippen LogP contribution in [0.25, 0.3) is 0 Å². The topological polar surface area (TPSA) is 130 Å². The van der Waals surface area contributed by atoms with Crippen LogP contribution in [0.5, 0.6) is 0 Å². The van der Waals surface area contributed by atoms with E-state index in [1.54, 1.807) is 0 Å². The van der Waals surface area contributed by atoms with E-state index in [0.29, 0.717) is 6.42 Å². The molecule has 0 fully saturated rings. The SMILES string of the molecule is CCCCCCCCCCCC(=O)NC[C@@H](O)[C@@H](O)[C@H](O)[C@@H](O)CO. The van der Waals surface area contributed by atoms with Crippen LogP contribution < -0.4 is 5.32 Å². The molecule has 0 aromatic heterocycles. The zero-order valence-corrected chi connectivity index (χ0v) is 15.4. The first kappa shape index (κ1) is 24.3. The maximum Gasteiger partial charge on any atom is 0.220 e. The van der Waals surface area contributed by atoms with E-state index < -0.39 is 31.0 Å². The van der Waals surface area contributed by atoms with Gasteiger partial charge in [0, 0.05) is 13.0 Å². The quantitative estimate of drug-likeness (QED) is 0.221. The predicted octanol–water partition coefficient (Wildman–Crippen LogP) is 0.459. The molecule has 0 aromatic rings. The average molecular weight is 363 g/mol. The first-order valence-corrected chi connectivity index (χ1v) is 9.53. The van der Waals surface area contributed by atoms with Crippen molar-refractivity contribution in [2.45, 2.75) is 95.5 Å². The fraction of sp³-hybridized carbons (Fsp3) is 0.944. The van der Waals surface area contributed by atoms with Gasteiger partial charge in [0.25, 0.3) is 0 Å². The Hall–Kier alpha value is -0.730. The van der Waals surface area contributed by atoms with Crippen LogP contribution in [0.4, 0.5) is 0 Å². The standard InChI is InChI=1S/C18H37NO6/c1-2-3-4-5-6-7-8-9-10-11-16(23)19-12-14(21)17(24)18(25)15(22)13-20/h14-15,17-18,20-22,24-25H,2-13H2,1H3,(H,19,23)/t14-,15+,17-,18-/m1/s1. The number of carbonyl (C=O) groups excluding carboxylic acids is 1. The third-order valence-corrected chi connectivity index (χ3v) is 4.34. The second-order valence-corrected chi connectivity index (χ2v) is 6.68. The van der Waals surface area contributed by atoms with Gasteiger partial charge in [-0.3, -0.25) is 4.79 Å². The minimum atomic E-state index is -1.67. The Morgan fingerprint density at radius 2 is 1.28 bits per heavy atom. The Balaban J connectivity index is 3.66. The number of hydrogen-bond donors (Lipinski definition) is 6. The van der Waals surface area contributed by atoms with Gasteiger partial charge in [-0.15, -0.1) is 0 Å². The molecule has 4 atom stereocenters. The Labute approximate surface area is 151 Å². The van der Waals surface area contributed by atoms with E-state index in [2.05, 4.69) is 12.2 Å². The zero-order valence-electron chi connectivity index (χ0n) is 15.4. The Kier molecular flexibility index (Phi) is 15.1. The summed E-state index contributed by atoms with van der Waals surface area (Å²) in [5.41, 5.74) is 0. The van der Waals surface area contributed by atoms with E-state index in [1.165, 1.54) is 38.5 Å². The largest absolute Gasteiger partial charge is 0.394 e. The molecule has 6 N–H and O–H groups in total. The minimum absolute atomic E-state index is 0.216. The molecule has 0 spiro atoms. The lowest BCUT2D eigenvalue weighted by molar-refractivity contribution is -0.126. The molecular formula is C18H37NO6. The van der Waals surface area contributed by atoms with Crippen molar-refractivity contribution in [3.63, 3.8) is 0 Å². The van der Waals surface area contributed by atoms with E-state index in [4.69, 9.17) is 5.11 Å². The van der Waals surface area contributed by atoms with Crippen LogP contribution in [0.2, 0.25) is 0 Å². The van der Waals surface area contributed by atoms with Gasteiger partial charge in [-0.25, -0.2) is 0 Å². The summed E-state index contributed by atoms with van der Waals surface area (Å²) in [7, 11) is 0. The Morgan fingerprint density at radius 1 is 0.800 bits per heavy atom. The molecule has 0 aromatic carbocycles. The Morgan fingerprint density at radius 3 is 1.80 bits per heavy atom. The molecule has 0 unspecified atom stereocenters. The molecule has 0 heterocycles. The van der Waals surface area contributed by atoms with Gasteiger partial charge in [-0.1, -0.05) is 58.3 Å². The van der Waals surface area contributed by atoms with Crippen LogP contribution in [-0.2, 0) is 4.79 Å². The van der Waals surface area contributed by atoms with Crippen molar-refractivity contribution < 1.29 is 30.3 Å². The van der Waals surface area contributed by atoms with Crippen molar-refractivity contribution in [1.29, 1.82) is 0 Å². The van der Waals surface area contributed by atoms with E-state index in [0.717, 1.165) is 19.3 Å². The molecule has 25 heavy (non-hydrogen) atoms. The van der Waals surface area contributed by atoms with E-state index >= 15 is 0 Å². The van der Waals surface area contributed by atoms with Crippen molar-refractivity contribution in [3.05, 3.63) is 0 Å². The highest BCUT2D eigenvalue weighted by Crippen LogP contribution is 2.10. The molecule has 7 nitrogen and oxygen atoms in total. The molecule has 150 valence electrons. The molecule has 0 saturated carbocycles. The monoisotopic (exact) mass is 363 g/mol. The summed E-state index contributed by atoms with van der Waals surface area (Å²) in [6.45, 7) is 1.26. The summed E-state index contributed by atoms with van der Waals surface area (Å²) < 4.78 is 0. The first-order chi connectivity index (χ1) is 11.9. The first-order valence-electron chi connectivity index (χ1n) is 9.53. The molecule has 0 rings (SSSR count). The zero-order chi connectivity index (χ0) is 19.1. The van der Waals surface area contributed by atoms with Gasteiger partial charge in [0.05, 0.1) is 12.7 Å². The molecule has 1 amide bonds. The van der Waals surface area contributed by atoms with Crippen molar-refractivity contribution in [2.75, 3.05) is 13.2 Å². The number of aliphatic hydroxyl groups excluding tert-OH is 5. The van der Waals surface area contributed by atoms with E-state index in [1.807, 2.05) is 0 Å². The van der Waals surface area contributed by atoms with E-state index in [9.17, 15) is 25.2 Å². The normalized spacial score (nSPS) is 16.2. The number of carbonyl (C=O) groups is 1. The predicted molar refractivity (Wildman–Crippen MR) is 96.0 cm³/mol. The van der Waals surface area contributed by atoms with E-state index in [-0.39, 0.29) is 12.5 Å². The number of amides is 1. The van der Waals surface area contributed by atoms with Crippen LogP contribution >= 0.6 is 0 Å². The van der Waals surface area contributed by atoms with Gasteiger partial charge in [-0.2, -0.15) is 0 Å². The molecule has 0 radical (unpaired) electrons. The average Bonchev–Trinajstić information content (AvgIpc) is 2.62. The van der Waals surface area contributed by atoms with Crippen molar-refractivity contribution in [2.24, 2.45) is 0 Å². The number of rotatable bonds is 16. The van der Waals surface area contributed by atoms with Gasteiger partial charge in [-0.05, 0) is 6.42 Å². The van der Waals surface area contributed by atoms with Gasteiger partial charge in [0.15, 0.2) is 0 Å². The lowest BCUT2D eigenvalue weighted by Gasteiger charge is -2.25. The van der Waals surface area contributed by atoms with Crippen LogP contribution in [0.15, 0.2) is 0 Å². The van der Waals surface area contributed by atoms with Crippen LogP contribution in [0.1, 0.15) is 71.1 Å². The number of hydrogen-bond acceptors (Lipinski definition) is 6. The van der Waals surface area contributed by atoms with Crippen molar-refractivity contribution >= 4 is 5.91 Å². The third-order valence-electron chi connectivity index (χ3n) is 4.34. The van der Waals surface area contributed by atoms with Crippen LogP contribution in [-0.4, -0.2) is 69.0 Å². The lowest BCUT2D eigenvalue weighted by Crippen LogP contribution is -2.49. The van der Waals surface area contributed by atoms with Crippen LogP contribution in [0.3, 0.4) is 0 Å². The number of nitrogens with one attached hydrogen (secondary N) is 1. The van der Waals surface area contributed by atoms with Crippen molar-refractivity contribution in [1.82, 2.24) is 5.32 Å². The molecule has 0 aliphatic heterocycles. The second kappa shape index (κ2) is 15.5. The summed E-state index contributed by atoms with van der Waals surface area (Å²) >= 11 is 0. The minimum Gasteiger partial charge on any atom is -0.394 e. The highest BCUT2D eigenvalue weighted by Gasteiger charge is 2.29. The summed E-state index contributed by atoms with van der Waals surface area (Å²) in [6, 6.07) is 0. The maximum atomic E-state index is 11.7. The van der Waals surface area contributed by atoms with Gasteiger partial charge in [0.2, 0.25) is 5.91 Å². The fourth-order valence-electron chi connectivity index (χ4n) is 2.59. The maximum absolute atomic E-state index is 11.7. The molecule has 0 saturated heterocycles. The summed E-state index contributed by atoms with van der Waals surface area (Å²) in [5.74, 6) is -0.216. The molecule has 7 heteroatoms. The molecular weight excluding hydrogens is 326 g/mol. The van der Waals surface area contributed by atoms with Crippen molar-refractivity contribution in [3.8, 4) is 0 Å².